The first kappa shape index (κ1) is 26.1. The summed E-state index contributed by atoms with van der Waals surface area (Å²) in [6.45, 7) is 4.82. The maximum atomic E-state index is 6.82. The molecule has 220 valence electrons. The van der Waals surface area contributed by atoms with E-state index in [9.17, 15) is 0 Å². The van der Waals surface area contributed by atoms with E-state index in [0.717, 1.165) is 24.0 Å². The van der Waals surface area contributed by atoms with Crippen LogP contribution in [0.1, 0.15) is 41.8 Å². The molecule has 2 aromatic heterocycles. The molecule has 0 N–H and O–H groups in total. The Labute approximate surface area is 271 Å². The van der Waals surface area contributed by atoms with E-state index in [0.29, 0.717) is 0 Å². The van der Waals surface area contributed by atoms with Crippen molar-refractivity contribution in [3.63, 3.8) is 0 Å². The minimum absolute atomic E-state index is 0.282. The van der Waals surface area contributed by atoms with Crippen LogP contribution in [0, 0.1) is 0 Å². The lowest BCUT2D eigenvalue weighted by atomic mass is 9.78. The molecule has 2 aliphatic rings. The van der Waals surface area contributed by atoms with Gasteiger partial charge in [0.1, 0.15) is 11.2 Å². The Hall–Kier alpha value is -5.12. The maximum Gasteiger partial charge on any atom is 0.144 e. The number of para-hydroxylation sites is 2. The molecular weight excluding hydrogens is 579 g/mol. The summed E-state index contributed by atoms with van der Waals surface area (Å²) in [5.41, 5.74) is 11.9. The average Bonchev–Trinajstić information content (AvgIpc) is 3.74. The lowest BCUT2D eigenvalue weighted by Gasteiger charge is -2.35. The predicted octanol–water partition coefficient (Wildman–Crippen LogP) is 12.4. The zero-order valence-electron chi connectivity index (χ0n) is 25.8. The Morgan fingerprint density at radius 3 is 2.22 bits per heavy atom. The Morgan fingerprint density at radius 1 is 0.652 bits per heavy atom. The first-order valence-electron chi connectivity index (χ1n) is 16.2. The molecule has 10 rings (SSSR count). The van der Waals surface area contributed by atoms with Crippen molar-refractivity contribution < 1.29 is 4.42 Å². The molecule has 0 saturated carbocycles. The van der Waals surface area contributed by atoms with Crippen molar-refractivity contribution in [2.24, 2.45) is 0 Å². The van der Waals surface area contributed by atoms with Gasteiger partial charge in [0, 0.05) is 48.0 Å². The molecule has 0 saturated heterocycles. The Balaban J connectivity index is 1.31. The quantitative estimate of drug-likeness (QED) is 0.198. The molecular formula is C43H31NOS. The first-order chi connectivity index (χ1) is 22.6. The zero-order valence-corrected chi connectivity index (χ0v) is 26.6. The van der Waals surface area contributed by atoms with Crippen LogP contribution in [0.15, 0.2) is 132 Å². The SMILES string of the molecule is CC1(C)c2c(cccc2N(C2=CCCc3sc4ccccc4c32)c2ccccc2)-c2c1c1ccccc1c1c2oc2ccccc21. The second kappa shape index (κ2) is 9.45. The molecule has 3 heteroatoms. The number of fused-ring (bicyclic) bond motifs is 13. The Kier molecular flexibility index (Phi) is 5.37. The van der Waals surface area contributed by atoms with Gasteiger partial charge in [0.15, 0.2) is 0 Å². The number of thiophene rings is 1. The Bertz CT molecular complexity index is 2560. The molecule has 0 amide bonds. The van der Waals surface area contributed by atoms with Gasteiger partial charge in [0.05, 0.1) is 11.4 Å². The standard InChI is InChI=1S/C43H31NOS/c1-43(2)40-31(39-41(43)28-17-7-6-16-27(28)37-29-18-8-10-23-34(29)45-42(37)39)20-12-22-33(40)44(26-14-4-3-5-15-26)32-21-13-25-36-38(32)30-19-9-11-24-35(30)46-36/h3-12,14-24H,13,25H2,1-2H3. The molecule has 0 aliphatic heterocycles. The topological polar surface area (TPSA) is 16.4 Å². The van der Waals surface area contributed by atoms with Gasteiger partial charge in [-0.1, -0.05) is 111 Å². The van der Waals surface area contributed by atoms with Crippen molar-refractivity contribution in [1.29, 1.82) is 0 Å². The molecule has 0 spiro atoms. The van der Waals surface area contributed by atoms with E-state index in [1.807, 2.05) is 11.3 Å². The fourth-order valence-electron chi connectivity index (χ4n) is 8.46. The monoisotopic (exact) mass is 609 g/mol. The number of benzene rings is 6. The summed E-state index contributed by atoms with van der Waals surface area (Å²) in [7, 11) is 0. The number of aryl methyl sites for hydroxylation is 1. The number of hydrogen-bond acceptors (Lipinski definition) is 3. The van der Waals surface area contributed by atoms with Gasteiger partial charge in [-0.15, -0.1) is 11.3 Å². The third-order valence-electron chi connectivity index (χ3n) is 10.2. The molecule has 2 nitrogen and oxygen atoms in total. The normalized spacial score (nSPS) is 14.9. The number of anilines is 2. The van der Waals surface area contributed by atoms with Crippen LogP contribution in [0.2, 0.25) is 0 Å². The number of hydrogen-bond donors (Lipinski definition) is 0. The Morgan fingerprint density at radius 2 is 1.37 bits per heavy atom. The number of rotatable bonds is 3. The van der Waals surface area contributed by atoms with Gasteiger partial charge in [-0.3, -0.25) is 0 Å². The molecule has 0 unspecified atom stereocenters. The number of allylic oxidation sites excluding steroid dienone is 1. The van der Waals surface area contributed by atoms with Crippen molar-refractivity contribution in [1.82, 2.24) is 0 Å². The number of furan rings is 1. The third-order valence-corrected chi connectivity index (χ3v) is 11.5. The highest BCUT2D eigenvalue weighted by molar-refractivity contribution is 7.19. The van der Waals surface area contributed by atoms with E-state index in [4.69, 9.17) is 4.42 Å². The van der Waals surface area contributed by atoms with Crippen LogP contribution in [0.4, 0.5) is 11.4 Å². The van der Waals surface area contributed by atoms with E-state index >= 15 is 0 Å². The van der Waals surface area contributed by atoms with Gasteiger partial charge in [-0.2, -0.15) is 0 Å². The van der Waals surface area contributed by atoms with Gasteiger partial charge in [0.25, 0.3) is 0 Å². The lowest BCUT2D eigenvalue weighted by Crippen LogP contribution is -2.24. The van der Waals surface area contributed by atoms with Crippen LogP contribution in [0.25, 0.3) is 59.6 Å². The summed E-state index contributed by atoms with van der Waals surface area (Å²) in [6, 6.07) is 44.2. The molecule has 2 heterocycles. The van der Waals surface area contributed by atoms with Crippen molar-refractivity contribution in [3.05, 3.63) is 149 Å². The fraction of sp³-hybridized carbons (Fsp3) is 0.116. The molecule has 0 fully saturated rings. The van der Waals surface area contributed by atoms with Gasteiger partial charge in [0.2, 0.25) is 0 Å². The summed E-state index contributed by atoms with van der Waals surface area (Å²) in [6.07, 6.45) is 4.58. The average molecular weight is 610 g/mol. The summed E-state index contributed by atoms with van der Waals surface area (Å²) < 4.78 is 8.17. The second-order valence-electron chi connectivity index (χ2n) is 13.1. The fourth-order valence-corrected chi connectivity index (χ4v) is 9.69. The van der Waals surface area contributed by atoms with E-state index in [2.05, 4.69) is 146 Å². The smallest absolute Gasteiger partial charge is 0.144 e. The summed E-state index contributed by atoms with van der Waals surface area (Å²) >= 11 is 1.95. The first-order valence-corrected chi connectivity index (χ1v) is 17.0. The third kappa shape index (κ3) is 3.41. The largest absolute Gasteiger partial charge is 0.455 e. The molecule has 0 atom stereocenters. The number of nitrogens with zero attached hydrogens (tertiary/aromatic N) is 1. The summed E-state index contributed by atoms with van der Waals surface area (Å²) in [5.74, 6) is 0. The van der Waals surface area contributed by atoms with Crippen molar-refractivity contribution in [3.8, 4) is 11.1 Å². The van der Waals surface area contributed by atoms with Crippen LogP contribution < -0.4 is 4.90 Å². The minimum Gasteiger partial charge on any atom is -0.455 e. The van der Waals surface area contributed by atoms with Gasteiger partial charge in [-0.05, 0) is 70.6 Å². The predicted molar refractivity (Wildman–Crippen MR) is 195 cm³/mol. The summed E-state index contributed by atoms with van der Waals surface area (Å²) in [5, 5.41) is 6.29. The van der Waals surface area contributed by atoms with Gasteiger partial charge in [-0.25, -0.2) is 0 Å². The molecule has 0 radical (unpaired) electrons. The van der Waals surface area contributed by atoms with E-state index < -0.39 is 0 Å². The van der Waals surface area contributed by atoms with Crippen LogP contribution in [0.3, 0.4) is 0 Å². The van der Waals surface area contributed by atoms with E-state index in [-0.39, 0.29) is 5.41 Å². The highest BCUT2D eigenvalue weighted by atomic mass is 32.1. The lowest BCUT2D eigenvalue weighted by molar-refractivity contribution is 0.658. The van der Waals surface area contributed by atoms with E-state index in [1.165, 1.54) is 81.4 Å². The van der Waals surface area contributed by atoms with Crippen LogP contribution in [0.5, 0.6) is 0 Å². The molecule has 0 bridgehead atoms. The van der Waals surface area contributed by atoms with Gasteiger partial charge < -0.3 is 9.32 Å². The maximum absolute atomic E-state index is 6.82. The van der Waals surface area contributed by atoms with Crippen molar-refractivity contribution in [2.45, 2.75) is 32.1 Å². The van der Waals surface area contributed by atoms with Crippen LogP contribution in [-0.4, -0.2) is 0 Å². The molecule has 8 aromatic rings. The highest BCUT2D eigenvalue weighted by Gasteiger charge is 2.43. The van der Waals surface area contributed by atoms with E-state index in [1.54, 1.807) is 0 Å². The minimum atomic E-state index is -0.282. The zero-order chi connectivity index (χ0) is 30.6. The molecule has 2 aliphatic carbocycles. The molecule has 6 aromatic carbocycles. The molecule has 46 heavy (non-hydrogen) atoms. The van der Waals surface area contributed by atoms with Crippen molar-refractivity contribution in [2.75, 3.05) is 4.90 Å². The highest BCUT2D eigenvalue weighted by Crippen LogP contribution is 2.59. The second-order valence-corrected chi connectivity index (χ2v) is 14.3. The van der Waals surface area contributed by atoms with Crippen molar-refractivity contribution >= 4 is 71.2 Å². The summed E-state index contributed by atoms with van der Waals surface area (Å²) in [4.78, 5) is 4.02. The van der Waals surface area contributed by atoms with Crippen LogP contribution >= 0.6 is 11.3 Å². The van der Waals surface area contributed by atoms with Crippen LogP contribution in [-0.2, 0) is 11.8 Å². The van der Waals surface area contributed by atoms with Gasteiger partial charge >= 0.3 is 0 Å².